The lowest BCUT2D eigenvalue weighted by Crippen LogP contribution is -2.41. The van der Waals surface area contributed by atoms with Gasteiger partial charge in [0.2, 0.25) is 0 Å². The van der Waals surface area contributed by atoms with Crippen LogP contribution in [0.15, 0.2) is 24.3 Å². The Morgan fingerprint density at radius 2 is 2.12 bits per heavy atom. The summed E-state index contributed by atoms with van der Waals surface area (Å²) in [7, 11) is 0. The Hall–Kier alpha value is -1.02. The number of carbonyl (C=O) groups excluding carboxylic acids is 1. The molecular weight excluding hydrogens is 234 g/mol. The molecule has 0 aliphatic heterocycles. The molecule has 0 saturated heterocycles. The summed E-state index contributed by atoms with van der Waals surface area (Å²) in [6, 6.07) is 7.41. The molecule has 2 nitrogen and oxygen atoms in total. The van der Waals surface area contributed by atoms with Crippen LogP contribution < -0.4 is 5.32 Å². The van der Waals surface area contributed by atoms with Crippen LogP contribution in [0.3, 0.4) is 0 Å². The van der Waals surface area contributed by atoms with Crippen molar-refractivity contribution in [2.24, 2.45) is 5.92 Å². The van der Waals surface area contributed by atoms with E-state index in [2.05, 4.69) is 12.2 Å². The molecule has 3 heteroatoms. The molecule has 1 aromatic carbocycles. The van der Waals surface area contributed by atoms with Crippen molar-refractivity contribution >= 4 is 17.5 Å². The highest BCUT2D eigenvalue weighted by molar-refractivity contribution is 6.30. The van der Waals surface area contributed by atoms with E-state index in [1.807, 2.05) is 6.07 Å². The van der Waals surface area contributed by atoms with Crippen LogP contribution in [0.1, 0.15) is 43.0 Å². The summed E-state index contributed by atoms with van der Waals surface area (Å²) in [6.45, 7) is 2.21. The molecule has 2 rings (SSSR count). The predicted octanol–water partition coefficient (Wildman–Crippen LogP) is 3.65. The van der Waals surface area contributed by atoms with Gasteiger partial charge in [-0.3, -0.25) is 4.79 Å². The van der Waals surface area contributed by atoms with Crippen molar-refractivity contribution in [3.8, 4) is 0 Å². The maximum absolute atomic E-state index is 12.0. The lowest BCUT2D eigenvalue weighted by molar-refractivity contribution is 0.0910. The van der Waals surface area contributed by atoms with E-state index in [0.29, 0.717) is 22.5 Å². The fourth-order valence-electron chi connectivity index (χ4n) is 2.41. The highest BCUT2D eigenvalue weighted by atomic mass is 35.5. The molecule has 1 amide bonds. The monoisotopic (exact) mass is 251 g/mol. The van der Waals surface area contributed by atoms with Crippen molar-refractivity contribution in [2.45, 2.75) is 38.6 Å². The SMILES string of the molecule is CC1CCCCC1NC(=O)c1cccc(Cl)c1. The number of hydrogen-bond acceptors (Lipinski definition) is 1. The average Bonchev–Trinajstić information content (AvgIpc) is 2.32. The maximum atomic E-state index is 12.0. The normalized spacial score (nSPS) is 24.4. The van der Waals surface area contributed by atoms with Gasteiger partial charge in [-0.25, -0.2) is 0 Å². The topological polar surface area (TPSA) is 29.1 Å². The minimum absolute atomic E-state index is 0.00810. The molecule has 2 unspecified atom stereocenters. The summed E-state index contributed by atoms with van der Waals surface area (Å²) >= 11 is 5.88. The van der Waals surface area contributed by atoms with Crippen molar-refractivity contribution in [3.63, 3.8) is 0 Å². The zero-order chi connectivity index (χ0) is 12.3. The fourth-order valence-corrected chi connectivity index (χ4v) is 2.60. The minimum Gasteiger partial charge on any atom is -0.349 e. The summed E-state index contributed by atoms with van der Waals surface area (Å²) in [6.07, 6.45) is 4.80. The van der Waals surface area contributed by atoms with E-state index in [1.165, 1.54) is 19.3 Å². The zero-order valence-corrected chi connectivity index (χ0v) is 10.8. The number of amides is 1. The molecule has 17 heavy (non-hydrogen) atoms. The van der Waals surface area contributed by atoms with Crippen LogP contribution in [-0.4, -0.2) is 11.9 Å². The molecule has 1 aliphatic carbocycles. The molecular formula is C14H18ClNO. The fraction of sp³-hybridized carbons (Fsp3) is 0.500. The molecule has 2 atom stereocenters. The molecule has 1 fully saturated rings. The molecule has 92 valence electrons. The number of carbonyl (C=O) groups is 1. The Bertz CT molecular complexity index is 405. The number of rotatable bonds is 2. The Kier molecular flexibility index (Phi) is 4.06. The van der Waals surface area contributed by atoms with Crippen molar-refractivity contribution in [3.05, 3.63) is 34.9 Å². The van der Waals surface area contributed by atoms with Gasteiger partial charge < -0.3 is 5.32 Å². The highest BCUT2D eigenvalue weighted by Crippen LogP contribution is 2.24. The molecule has 1 aliphatic rings. The Balaban J connectivity index is 2.01. The summed E-state index contributed by atoms with van der Waals surface area (Å²) in [5.41, 5.74) is 0.648. The first-order chi connectivity index (χ1) is 8.16. The van der Waals surface area contributed by atoms with E-state index >= 15 is 0 Å². The van der Waals surface area contributed by atoms with Crippen molar-refractivity contribution in [1.29, 1.82) is 0 Å². The van der Waals surface area contributed by atoms with Crippen LogP contribution in [0, 0.1) is 5.92 Å². The molecule has 0 bridgehead atoms. The van der Waals surface area contributed by atoms with E-state index in [0.717, 1.165) is 6.42 Å². The number of nitrogens with one attached hydrogen (secondary N) is 1. The largest absolute Gasteiger partial charge is 0.349 e. The number of benzene rings is 1. The van der Waals surface area contributed by atoms with Crippen LogP contribution >= 0.6 is 11.6 Å². The van der Waals surface area contributed by atoms with Crippen molar-refractivity contribution < 1.29 is 4.79 Å². The second-order valence-corrected chi connectivity index (χ2v) is 5.29. The van der Waals surface area contributed by atoms with Gasteiger partial charge >= 0.3 is 0 Å². The third-order valence-electron chi connectivity index (χ3n) is 3.51. The third kappa shape index (κ3) is 3.22. The second kappa shape index (κ2) is 5.54. The van der Waals surface area contributed by atoms with Crippen molar-refractivity contribution in [1.82, 2.24) is 5.32 Å². The molecule has 0 aromatic heterocycles. The van der Waals surface area contributed by atoms with Gasteiger partial charge in [-0.2, -0.15) is 0 Å². The summed E-state index contributed by atoms with van der Waals surface area (Å²) < 4.78 is 0. The summed E-state index contributed by atoms with van der Waals surface area (Å²) in [4.78, 5) is 12.0. The molecule has 0 radical (unpaired) electrons. The Morgan fingerprint density at radius 1 is 1.35 bits per heavy atom. The van der Waals surface area contributed by atoms with Gasteiger partial charge in [0.1, 0.15) is 0 Å². The molecule has 1 N–H and O–H groups in total. The standard InChI is InChI=1S/C14H18ClNO/c1-10-5-2-3-8-13(10)16-14(17)11-6-4-7-12(15)9-11/h4,6-7,9-10,13H,2-3,5,8H2,1H3,(H,16,17). The summed E-state index contributed by atoms with van der Waals surface area (Å²) in [5, 5.41) is 3.72. The Labute approximate surface area is 107 Å². The molecule has 1 saturated carbocycles. The average molecular weight is 252 g/mol. The zero-order valence-electron chi connectivity index (χ0n) is 10.1. The first-order valence-corrected chi connectivity index (χ1v) is 6.61. The van der Waals surface area contributed by atoms with Crippen LogP contribution in [0.5, 0.6) is 0 Å². The quantitative estimate of drug-likeness (QED) is 0.854. The van der Waals surface area contributed by atoms with Gasteiger partial charge in [0.15, 0.2) is 0 Å². The molecule has 0 spiro atoms. The number of halogens is 1. The third-order valence-corrected chi connectivity index (χ3v) is 3.75. The van der Waals surface area contributed by atoms with Crippen LogP contribution in [0.25, 0.3) is 0 Å². The van der Waals surface area contributed by atoms with E-state index in [9.17, 15) is 4.79 Å². The van der Waals surface area contributed by atoms with E-state index < -0.39 is 0 Å². The molecule has 1 aromatic rings. The van der Waals surface area contributed by atoms with E-state index in [-0.39, 0.29) is 5.91 Å². The number of hydrogen-bond donors (Lipinski definition) is 1. The lowest BCUT2D eigenvalue weighted by Gasteiger charge is -2.29. The van der Waals surface area contributed by atoms with Gasteiger partial charge in [-0.05, 0) is 37.0 Å². The van der Waals surface area contributed by atoms with Crippen LogP contribution in [-0.2, 0) is 0 Å². The van der Waals surface area contributed by atoms with Crippen LogP contribution in [0.4, 0.5) is 0 Å². The van der Waals surface area contributed by atoms with E-state index in [4.69, 9.17) is 11.6 Å². The Morgan fingerprint density at radius 3 is 2.82 bits per heavy atom. The maximum Gasteiger partial charge on any atom is 0.251 e. The second-order valence-electron chi connectivity index (χ2n) is 4.85. The lowest BCUT2D eigenvalue weighted by atomic mass is 9.86. The highest BCUT2D eigenvalue weighted by Gasteiger charge is 2.23. The van der Waals surface area contributed by atoms with Crippen molar-refractivity contribution in [2.75, 3.05) is 0 Å². The van der Waals surface area contributed by atoms with Gasteiger partial charge in [0, 0.05) is 16.6 Å². The van der Waals surface area contributed by atoms with Gasteiger partial charge in [0.05, 0.1) is 0 Å². The molecule has 0 heterocycles. The van der Waals surface area contributed by atoms with Gasteiger partial charge in [0.25, 0.3) is 5.91 Å². The van der Waals surface area contributed by atoms with E-state index in [1.54, 1.807) is 18.2 Å². The minimum atomic E-state index is -0.00810. The first kappa shape index (κ1) is 12.4. The smallest absolute Gasteiger partial charge is 0.251 e. The van der Waals surface area contributed by atoms with Gasteiger partial charge in [-0.1, -0.05) is 37.4 Å². The van der Waals surface area contributed by atoms with Crippen LogP contribution in [0.2, 0.25) is 5.02 Å². The predicted molar refractivity (Wildman–Crippen MR) is 70.3 cm³/mol. The van der Waals surface area contributed by atoms with Gasteiger partial charge in [-0.15, -0.1) is 0 Å². The summed E-state index contributed by atoms with van der Waals surface area (Å²) in [5.74, 6) is 0.568. The first-order valence-electron chi connectivity index (χ1n) is 6.23.